The summed E-state index contributed by atoms with van der Waals surface area (Å²) >= 11 is 0. The normalized spacial score (nSPS) is 13.6. The van der Waals surface area contributed by atoms with Crippen molar-refractivity contribution < 1.29 is 18.0 Å². The largest absolute Gasteiger partial charge is 0.332 e. The highest BCUT2D eigenvalue weighted by molar-refractivity contribution is 7.53. The van der Waals surface area contributed by atoms with E-state index in [2.05, 4.69) is 0 Å². The summed E-state index contributed by atoms with van der Waals surface area (Å²) in [6.45, 7) is 4.09. The van der Waals surface area contributed by atoms with Crippen LogP contribution < -0.4 is 5.73 Å². The van der Waals surface area contributed by atoms with Crippen molar-refractivity contribution in [3.05, 3.63) is 35.6 Å². The molecule has 1 atom stereocenters. The fourth-order valence-electron chi connectivity index (χ4n) is 1.59. The Labute approximate surface area is 107 Å². The molecule has 2 N–H and O–H groups in total. The first-order chi connectivity index (χ1) is 8.50. The zero-order valence-electron chi connectivity index (χ0n) is 10.6. The molecule has 4 nitrogen and oxygen atoms in total. The molecule has 1 aromatic carbocycles. The van der Waals surface area contributed by atoms with Gasteiger partial charge in [-0.3, -0.25) is 4.57 Å². The Kier molecular flexibility index (Phi) is 5.96. The van der Waals surface area contributed by atoms with Crippen molar-refractivity contribution in [3.63, 3.8) is 0 Å². The molecule has 0 bridgehead atoms. The van der Waals surface area contributed by atoms with Gasteiger partial charge in [-0.15, -0.1) is 0 Å². The lowest BCUT2D eigenvalue weighted by Crippen LogP contribution is -2.17. The van der Waals surface area contributed by atoms with Crippen LogP contribution in [0.4, 0.5) is 4.39 Å². The Morgan fingerprint density at radius 2 is 1.72 bits per heavy atom. The number of rotatable bonds is 7. The van der Waals surface area contributed by atoms with Crippen molar-refractivity contribution in [2.24, 2.45) is 5.73 Å². The average Bonchev–Trinajstić information content (AvgIpc) is 2.30. The first-order valence-corrected chi connectivity index (χ1v) is 7.62. The van der Waals surface area contributed by atoms with Crippen LogP contribution in [-0.2, 0) is 13.6 Å². The van der Waals surface area contributed by atoms with Crippen molar-refractivity contribution in [2.75, 3.05) is 19.4 Å². The minimum atomic E-state index is -3.17. The number of hydrogen-bond donors (Lipinski definition) is 1. The predicted octanol–water partition coefficient (Wildman–Crippen LogP) is 3.09. The summed E-state index contributed by atoms with van der Waals surface area (Å²) in [5.74, 6) is -0.330. The van der Waals surface area contributed by atoms with Gasteiger partial charge in [-0.2, -0.15) is 0 Å². The third-order valence-corrected chi connectivity index (χ3v) is 4.51. The molecular formula is C12H19FNO3P. The van der Waals surface area contributed by atoms with Gasteiger partial charge in [0.25, 0.3) is 0 Å². The van der Waals surface area contributed by atoms with Crippen LogP contribution in [0.3, 0.4) is 0 Å². The van der Waals surface area contributed by atoms with Crippen molar-refractivity contribution in [2.45, 2.75) is 19.9 Å². The predicted molar refractivity (Wildman–Crippen MR) is 69.1 cm³/mol. The third kappa shape index (κ3) is 4.50. The lowest BCUT2D eigenvalue weighted by molar-refractivity contribution is 0.218. The maximum absolute atomic E-state index is 12.8. The summed E-state index contributed by atoms with van der Waals surface area (Å²) in [4.78, 5) is 0. The van der Waals surface area contributed by atoms with E-state index in [4.69, 9.17) is 14.8 Å². The molecule has 1 rings (SSSR count). The number of hydrogen-bond acceptors (Lipinski definition) is 4. The molecule has 0 saturated heterocycles. The average molecular weight is 275 g/mol. The molecule has 1 unspecified atom stereocenters. The number of benzene rings is 1. The van der Waals surface area contributed by atoms with Gasteiger partial charge in [0.15, 0.2) is 0 Å². The van der Waals surface area contributed by atoms with Crippen LogP contribution in [0, 0.1) is 5.82 Å². The molecule has 0 saturated carbocycles. The van der Waals surface area contributed by atoms with Crippen LogP contribution >= 0.6 is 7.60 Å². The van der Waals surface area contributed by atoms with Gasteiger partial charge in [-0.25, -0.2) is 4.39 Å². The van der Waals surface area contributed by atoms with Crippen molar-refractivity contribution in [1.82, 2.24) is 0 Å². The Morgan fingerprint density at radius 1 is 1.22 bits per heavy atom. The molecule has 0 aliphatic rings. The monoisotopic (exact) mass is 275 g/mol. The Hall–Kier alpha value is -0.740. The van der Waals surface area contributed by atoms with Gasteiger partial charge in [0.05, 0.1) is 19.4 Å². The van der Waals surface area contributed by atoms with Crippen molar-refractivity contribution in [3.8, 4) is 0 Å². The topological polar surface area (TPSA) is 61.5 Å². The van der Waals surface area contributed by atoms with Gasteiger partial charge < -0.3 is 14.8 Å². The van der Waals surface area contributed by atoms with Crippen LogP contribution in [-0.4, -0.2) is 19.4 Å². The minimum absolute atomic E-state index is 0.0836. The second-order valence-electron chi connectivity index (χ2n) is 3.79. The highest BCUT2D eigenvalue weighted by Gasteiger charge is 2.27. The fourth-order valence-corrected chi connectivity index (χ4v) is 3.36. The standard InChI is InChI=1S/C12H19FNO3P/c1-3-16-18(15,17-4-2)9-12(14)10-5-7-11(13)8-6-10/h5-8,12H,3-4,9,14H2,1-2H3. The van der Waals surface area contributed by atoms with Crippen molar-refractivity contribution in [1.29, 1.82) is 0 Å². The summed E-state index contributed by atoms with van der Waals surface area (Å²) in [5, 5.41) is 0. The zero-order valence-corrected chi connectivity index (χ0v) is 11.5. The summed E-state index contributed by atoms with van der Waals surface area (Å²) < 4.78 is 35.4. The lowest BCUT2D eigenvalue weighted by atomic mass is 10.1. The van der Waals surface area contributed by atoms with E-state index >= 15 is 0 Å². The van der Waals surface area contributed by atoms with Gasteiger partial charge in [0.2, 0.25) is 0 Å². The highest BCUT2D eigenvalue weighted by Crippen LogP contribution is 2.50. The van der Waals surface area contributed by atoms with Crippen molar-refractivity contribution >= 4 is 7.60 Å². The summed E-state index contributed by atoms with van der Waals surface area (Å²) in [6, 6.07) is 5.28. The van der Waals surface area contributed by atoms with Gasteiger partial charge >= 0.3 is 7.60 Å². The van der Waals surface area contributed by atoms with Crippen LogP contribution in [0.2, 0.25) is 0 Å². The second kappa shape index (κ2) is 7.00. The first-order valence-electron chi connectivity index (χ1n) is 5.90. The van der Waals surface area contributed by atoms with Gasteiger partial charge in [0.1, 0.15) is 5.82 Å². The maximum atomic E-state index is 12.8. The lowest BCUT2D eigenvalue weighted by Gasteiger charge is -2.20. The number of halogens is 1. The van der Waals surface area contributed by atoms with Gasteiger partial charge in [-0.1, -0.05) is 12.1 Å². The molecule has 18 heavy (non-hydrogen) atoms. The quantitative estimate of drug-likeness (QED) is 0.777. The summed E-state index contributed by atoms with van der Waals surface area (Å²) in [5.41, 5.74) is 6.64. The van der Waals surface area contributed by atoms with Gasteiger partial charge in [0, 0.05) is 6.04 Å². The molecular weight excluding hydrogens is 256 g/mol. The minimum Gasteiger partial charge on any atom is -0.323 e. The summed E-state index contributed by atoms with van der Waals surface area (Å²) in [7, 11) is -3.17. The van der Waals surface area contributed by atoms with Crippen LogP contribution in [0.5, 0.6) is 0 Å². The molecule has 0 radical (unpaired) electrons. The van der Waals surface area contributed by atoms with Gasteiger partial charge in [-0.05, 0) is 31.5 Å². The molecule has 0 heterocycles. The third-order valence-electron chi connectivity index (χ3n) is 2.37. The van der Waals surface area contributed by atoms with Crippen LogP contribution in [0.25, 0.3) is 0 Å². The zero-order chi connectivity index (χ0) is 13.6. The van der Waals surface area contributed by atoms with E-state index in [9.17, 15) is 8.96 Å². The van der Waals surface area contributed by atoms with E-state index in [1.165, 1.54) is 12.1 Å². The van der Waals surface area contributed by atoms with Crippen LogP contribution in [0.15, 0.2) is 24.3 Å². The molecule has 0 aliphatic heterocycles. The van der Waals surface area contributed by atoms with E-state index < -0.39 is 13.6 Å². The van der Waals surface area contributed by atoms with E-state index in [1.807, 2.05) is 0 Å². The Morgan fingerprint density at radius 3 is 2.17 bits per heavy atom. The molecule has 0 aliphatic carbocycles. The smallest absolute Gasteiger partial charge is 0.323 e. The molecule has 6 heteroatoms. The Bertz CT molecular complexity index is 400. The maximum Gasteiger partial charge on any atom is 0.332 e. The number of nitrogens with two attached hydrogens (primary N) is 1. The first kappa shape index (κ1) is 15.3. The van der Waals surface area contributed by atoms with Crippen LogP contribution in [0.1, 0.15) is 25.5 Å². The second-order valence-corrected chi connectivity index (χ2v) is 5.89. The molecule has 0 fully saturated rings. The van der Waals surface area contributed by atoms with E-state index in [-0.39, 0.29) is 12.0 Å². The Balaban J connectivity index is 2.74. The van der Waals surface area contributed by atoms with E-state index in [0.717, 1.165) is 0 Å². The highest BCUT2D eigenvalue weighted by atomic mass is 31.2. The molecule has 0 spiro atoms. The fraction of sp³-hybridized carbons (Fsp3) is 0.500. The van der Waals surface area contributed by atoms with E-state index in [0.29, 0.717) is 18.8 Å². The SMILES string of the molecule is CCOP(=O)(CC(N)c1ccc(F)cc1)OCC. The molecule has 0 amide bonds. The molecule has 102 valence electrons. The summed E-state index contributed by atoms with van der Waals surface area (Å²) in [6.07, 6.45) is 0.0836. The molecule has 1 aromatic rings. The van der Waals surface area contributed by atoms with E-state index in [1.54, 1.807) is 26.0 Å². The molecule has 0 aromatic heterocycles.